The molecule has 0 aliphatic carbocycles. The maximum atomic E-state index is 12.0. The Balaban J connectivity index is 1.71. The third-order valence-corrected chi connectivity index (χ3v) is 4.78. The molecule has 0 heterocycles. The minimum Gasteiger partial charge on any atom is -0.337 e. The quantitative estimate of drug-likeness (QED) is 0.481. The molecule has 138 valence electrons. The van der Waals surface area contributed by atoms with Crippen molar-refractivity contribution in [1.29, 1.82) is 0 Å². The molecule has 0 aromatic heterocycles. The highest BCUT2D eigenvalue weighted by Crippen LogP contribution is 2.17. The molecule has 0 aliphatic rings. The van der Waals surface area contributed by atoms with E-state index in [1.54, 1.807) is 11.8 Å². The second-order valence-corrected chi connectivity index (χ2v) is 6.98. The standard InChI is InChI=1S/C20H25N3O2S/c1-3-19(24)23-17-11-9-16(10-12-17)15(2)22-20(25)21-13-14-26-18-7-5-4-6-8-18/h4-12,15H,3,13-14H2,1-2H3,(H,23,24)(H2,21,22,25). The third kappa shape index (κ3) is 6.80. The lowest BCUT2D eigenvalue weighted by Crippen LogP contribution is -2.38. The largest absolute Gasteiger partial charge is 0.337 e. The highest BCUT2D eigenvalue weighted by Gasteiger charge is 2.09. The second-order valence-electron chi connectivity index (χ2n) is 5.81. The number of amides is 3. The molecular weight excluding hydrogens is 346 g/mol. The van der Waals surface area contributed by atoms with Crippen molar-refractivity contribution in [1.82, 2.24) is 10.6 Å². The summed E-state index contributed by atoms with van der Waals surface area (Å²) >= 11 is 1.71. The van der Waals surface area contributed by atoms with E-state index in [1.165, 1.54) is 4.90 Å². The van der Waals surface area contributed by atoms with Crippen LogP contribution in [0.3, 0.4) is 0 Å². The normalized spacial score (nSPS) is 11.5. The van der Waals surface area contributed by atoms with Gasteiger partial charge in [-0.3, -0.25) is 4.79 Å². The van der Waals surface area contributed by atoms with Crippen LogP contribution in [0.25, 0.3) is 0 Å². The summed E-state index contributed by atoms with van der Waals surface area (Å²) in [5.41, 5.74) is 1.74. The predicted octanol–water partition coefficient (Wildman–Crippen LogP) is 4.19. The zero-order chi connectivity index (χ0) is 18.8. The summed E-state index contributed by atoms with van der Waals surface area (Å²) < 4.78 is 0. The van der Waals surface area contributed by atoms with Gasteiger partial charge in [-0.05, 0) is 36.8 Å². The van der Waals surface area contributed by atoms with Crippen LogP contribution < -0.4 is 16.0 Å². The van der Waals surface area contributed by atoms with E-state index >= 15 is 0 Å². The van der Waals surface area contributed by atoms with E-state index in [0.717, 1.165) is 17.0 Å². The number of anilines is 1. The van der Waals surface area contributed by atoms with E-state index in [9.17, 15) is 9.59 Å². The van der Waals surface area contributed by atoms with Gasteiger partial charge in [0, 0.05) is 29.3 Å². The van der Waals surface area contributed by atoms with Crippen molar-refractivity contribution in [3.8, 4) is 0 Å². The molecule has 6 heteroatoms. The molecule has 0 fully saturated rings. The fraction of sp³-hybridized carbons (Fsp3) is 0.300. The van der Waals surface area contributed by atoms with E-state index in [4.69, 9.17) is 0 Å². The number of carbonyl (C=O) groups excluding carboxylic acids is 2. The Morgan fingerprint density at radius 2 is 1.73 bits per heavy atom. The number of urea groups is 1. The SMILES string of the molecule is CCC(=O)Nc1ccc(C(C)NC(=O)NCCSc2ccccc2)cc1. The lowest BCUT2D eigenvalue weighted by atomic mass is 10.1. The molecule has 3 amide bonds. The molecule has 2 rings (SSSR count). The van der Waals surface area contributed by atoms with Gasteiger partial charge in [0.1, 0.15) is 0 Å². The molecule has 3 N–H and O–H groups in total. The lowest BCUT2D eigenvalue weighted by molar-refractivity contribution is -0.115. The molecule has 5 nitrogen and oxygen atoms in total. The Labute approximate surface area is 159 Å². The van der Waals surface area contributed by atoms with Gasteiger partial charge in [-0.1, -0.05) is 37.3 Å². The average Bonchev–Trinajstić information content (AvgIpc) is 2.66. The number of benzene rings is 2. The van der Waals surface area contributed by atoms with Crippen molar-refractivity contribution in [3.63, 3.8) is 0 Å². The molecule has 26 heavy (non-hydrogen) atoms. The number of hydrogen-bond acceptors (Lipinski definition) is 3. The van der Waals surface area contributed by atoms with Crippen LogP contribution in [0.1, 0.15) is 31.9 Å². The van der Waals surface area contributed by atoms with E-state index in [1.807, 2.05) is 56.3 Å². The average molecular weight is 372 g/mol. The highest BCUT2D eigenvalue weighted by molar-refractivity contribution is 7.99. The van der Waals surface area contributed by atoms with Gasteiger partial charge in [-0.15, -0.1) is 11.8 Å². The summed E-state index contributed by atoms with van der Waals surface area (Å²) in [6, 6.07) is 17.3. The minimum absolute atomic E-state index is 0.0170. The Hall–Kier alpha value is -2.47. The van der Waals surface area contributed by atoms with Crippen LogP contribution in [-0.2, 0) is 4.79 Å². The Bertz CT molecular complexity index is 705. The number of rotatable bonds is 8. The van der Waals surface area contributed by atoms with Crippen molar-refractivity contribution in [2.45, 2.75) is 31.2 Å². The van der Waals surface area contributed by atoms with Gasteiger partial charge in [0.2, 0.25) is 5.91 Å². The molecular formula is C20H25N3O2S. The zero-order valence-electron chi connectivity index (χ0n) is 15.1. The number of carbonyl (C=O) groups is 2. The first-order chi connectivity index (χ1) is 12.6. The fourth-order valence-corrected chi connectivity index (χ4v) is 3.08. The molecule has 0 bridgehead atoms. The van der Waals surface area contributed by atoms with E-state index in [-0.39, 0.29) is 18.0 Å². The third-order valence-electron chi connectivity index (χ3n) is 3.76. The first-order valence-electron chi connectivity index (χ1n) is 8.70. The van der Waals surface area contributed by atoms with E-state index in [2.05, 4.69) is 28.1 Å². The van der Waals surface area contributed by atoms with Crippen LogP contribution in [0.4, 0.5) is 10.5 Å². The van der Waals surface area contributed by atoms with Gasteiger partial charge in [0.05, 0.1) is 6.04 Å². The molecule has 0 saturated heterocycles. The van der Waals surface area contributed by atoms with Crippen molar-refractivity contribution < 1.29 is 9.59 Å². The first kappa shape index (κ1) is 19.8. The Morgan fingerprint density at radius 3 is 2.38 bits per heavy atom. The van der Waals surface area contributed by atoms with Gasteiger partial charge in [-0.25, -0.2) is 4.79 Å². The molecule has 1 unspecified atom stereocenters. The van der Waals surface area contributed by atoms with E-state index in [0.29, 0.717) is 13.0 Å². The van der Waals surface area contributed by atoms with Gasteiger partial charge < -0.3 is 16.0 Å². The molecule has 2 aromatic rings. The molecule has 0 saturated carbocycles. The first-order valence-corrected chi connectivity index (χ1v) is 9.69. The van der Waals surface area contributed by atoms with Gasteiger partial charge in [0.25, 0.3) is 0 Å². The molecule has 0 radical (unpaired) electrons. The van der Waals surface area contributed by atoms with Crippen LogP contribution in [0.15, 0.2) is 59.5 Å². The summed E-state index contributed by atoms with van der Waals surface area (Å²) in [7, 11) is 0. The summed E-state index contributed by atoms with van der Waals surface area (Å²) in [6.07, 6.45) is 0.447. The van der Waals surface area contributed by atoms with Crippen LogP contribution in [-0.4, -0.2) is 24.2 Å². The topological polar surface area (TPSA) is 70.2 Å². The Morgan fingerprint density at radius 1 is 1.04 bits per heavy atom. The lowest BCUT2D eigenvalue weighted by Gasteiger charge is -2.15. The monoisotopic (exact) mass is 371 g/mol. The maximum Gasteiger partial charge on any atom is 0.315 e. The van der Waals surface area contributed by atoms with E-state index < -0.39 is 0 Å². The zero-order valence-corrected chi connectivity index (χ0v) is 15.9. The maximum absolute atomic E-state index is 12.0. The molecule has 0 aliphatic heterocycles. The van der Waals surface area contributed by atoms with Crippen LogP contribution >= 0.6 is 11.8 Å². The van der Waals surface area contributed by atoms with Crippen molar-refractivity contribution >= 4 is 29.4 Å². The molecule has 0 spiro atoms. The van der Waals surface area contributed by atoms with Crippen LogP contribution in [0.2, 0.25) is 0 Å². The summed E-state index contributed by atoms with van der Waals surface area (Å²) in [5.74, 6) is 0.800. The smallest absolute Gasteiger partial charge is 0.315 e. The van der Waals surface area contributed by atoms with Gasteiger partial charge >= 0.3 is 6.03 Å². The summed E-state index contributed by atoms with van der Waals surface area (Å²) in [5, 5.41) is 8.60. The minimum atomic E-state index is -0.186. The van der Waals surface area contributed by atoms with Gasteiger partial charge in [-0.2, -0.15) is 0 Å². The fourth-order valence-electron chi connectivity index (χ4n) is 2.29. The predicted molar refractivity (Wildman–Crippen MR) is 107 cm³/mol. The van der Waals surface area contributed by atoms with Crippen molar-refractivity contribution in [2.24, 2.45) is 0 Å². The molecule has 1 atom stereocenters. The summed E-state index contributed by atoms with van der Waals surface area (Å²) in [4.78, 5) is 24.6. The van der Waals surface area contributed by atoms with Gasteiger partial charge in [0.15, 0.2) is 0 Å². The second kappa shape index (κ2) is 10.5. The van der Waals surface area contributed by atoms with Crippen molar-refractivity contribution in [2.75, 3.05) is 17.6 Å². The number of hydrogen-bond donors (Lipinski definition) is 3. The summed E-state index contributed by atoms with van der Waals surface area (Å²) in [6.45, 7) is 4.34. The van der Waals surface area contributed by atoms with Crippen LogP contribution in [0, 0.1) is 0 Å². The molecule has 2 aromatic carbocycles. The van der Waals surface area contributed by atoms with Crippen LogP contribution in [0.5, 0.6) is 0 Å². The number of nitrogens with one attached hydrogen (secondary N) is 3. The highest BCUT2D eigenvalue weighted by atomic mass is 32.2. The Kier molecular flexibility index (Phi) is 8.02. The van der Waals surface area contributed by atoms with Crippen molar-refractivity contribution in [3.05, 3.63) is 60.2 Å². The number of thioether (sulfide) groups is 1.